The number of nitrogens with one attached hydrogen (secondary N) is 1. The highest BCUT2D eigenvalue weighted by Crippen LogP contribution is 2.42. The van der Waals surface area contributed by atoms with E-state index in [0.29, 0.717) is 6.04 Å². The van der Waals surface area contributed by atoms with E-state index in [1.165, 1.54) is 18.4 Å². The molecule has 1 fully saturated rings. The molecule has 2 rings (SSSR count). The third-order valence-corrected chi connectivity index (χ3v) is 3.10. The van der Waals surface area contributed by atoms with E-state index in [1.54, 1.807) is 0 Å². The van der Waals surface area contributed by atoms with E-state index >= 15 is 0 Å². The highest BCUT2D eigenvalue weighted by Gasteiger charge is 2.32. The molecule has 2 heteroatoms. The van der Waals surface area contributed by atoms with Gasteiger partial charge in [-0.3, -0.25) is 0 Å². The molecule has 1 aromatic carbocycles. The Balaban J connectivity index is 2.21. The van der Waals surface area contributed by atoms with E-state index < -0.39 is 0 Å². The van der Waals surface area contributed by atoms with Crippen molar-refractivity contribution in [2.24, 2.45) is 5.92 Å². The second-order valence-electron chi connectivity index (χ2n) is 3.89. The van der Waals surface area contributed by atoms with Gasteiger partial charge in [-0.2, -0.15) is 0 Å². The number of halogens is 1. The van der Waals surface area contributed by atoms with Crippen LogP contribution in [0.3, 0.4) is 0 Å². The Morgan fingerprint density at radius 1 is 1.43 bits per heavy atom. The maximum absolute atomic E-state index is 6.19. The summed E-state index contributed by atoms with van der Waals surface area (Å²) in [5, 5.41) is 4.41. The summed E-state index contributed by atoms with van der Waals surface area (Å²) < 4.78 is 0. The lowest BCUT2D eigenvalue weighted by atomic mass is 10.0. The largest absolute Gasteiger partial charge is 0.310 e. The summed E-state index contributed by atoms with van der Waals surface area (Å²) in [6.07, 6.45) is 2.67. The van der Waals surface area contributed by atoms with Crippen LogP contribution in [0, 0.1) is 5.92 Å². The van der Waals surface area contributed by atoms with Gasteiger partial charge in [0.15, 0.2) is 0 Å². The van der Waals surface area contributed by atoms with Crippen LogP contribution >= 0.6 is 11.6 Å². The Kier molecular flexibility index (Phi) is 3.09. The topological polar surface area (TPSA) is 12.0 Å². The Hall–Kier alpha value is -0.530. The molecule has 0 heterocycles. The average Bonchev–Trinajstić information content (AvgIpc) is 2.99. The molecule has 1 N–H and O–H groups in total. The first kappa shape index (κ1) is 10.0. The van der Waals surface area contributed by atoms with Gasteiger partial charge in [-0.1, -0.05) is 36.7 Å². The molecule has 14 heavy (non-hydrogen) atoms. The minimum absolute atomic E-state index is 0.466. The summed E-state index contributed by atoms with van der Waals surface area (Å²) in [5.41, 5.74) is 1.26. The smallest absolute Gasteiger partial charge is 0.0453 e. The lowest BCUT2D eigenvalue weighted by molar-refractivity contribution is 0.496. The highest BCUT2D eigenvalue weighted by molar-refractivity contribution is 6.31. The van der Waals surface area contributed by atoms with Crippen molar-refractivity contribution in [3.05, 3.63) is 34.9 Å². The molecule has 1 saturated carbocycles. The van der Waals surface area contributed by atoms with Gasteiger partial charge in [0.2, 0.25) is 0 Å². The average molecular weight is 210 g/mol. The zero-order chi connectivity index (χ0) is 9.97. The second-order valence-corrected chi connectivity index (χ2v) is 4.30. The molecular formula is C12H16ClN. The molecule has 0 aromatic heterocycles. The van der Waals surface area contributed by atoms with Gasteiger partial charge in [-0.05, 0) is 36.9 Å². The van der Waals surface area contributed by atoms with E-state index in [1.807, 2.05) is 12.1 Å². The van der Waals surface area contributed by atoms with Gasteiger partial charge in [0.25, 0.3) is 0 Å². The predicted molar refractivity (Wildman–Crippen MR) is 60.6 cm³/mol. The van der Waals surface area contributed by atoms with E-state index in [4.69, 9.17) is 11.6 Å². The Morgan fingerprint density at radius 3 is 2.71 bits per heavy atom. The normalized spacial score (nSPS) is 18.1. The van der Waals surface area contributed by atoms with Crippen molar-refractivity contribution in [1.82, 2.24) is 5.32 Å². The number of benzene rings is 1. The van der Waals surface area contributed by atoms with Crippen LogP contribution in [-0.2, 0) is 0 Å². The number of rotatable bonds is 4. The first-order valence-corrected chi connectivity index (χ1v) is 5.68. The van der Waals surface area contributed by atoms with Gasteiger partial charge in [-0.25, -0.2) is 0 Å². The molecule has 1 atom stereocenters. The van der Waals surface area contributed by atoms with E-state index in [9.17, 15) is 0 Å². The Bertz CT molecular complexity index is 307. The van der Waals surface area contributed by atoms with Crippen LogP contribution in [0.25, 0.3) is 0 Å². The van der Waals surface area contributed by atoms with Crippen molar-refractivity contribution in [1.29, 1.82) is 0 Å². The lowest BCUT2D eigenvalue weighted by Gasteiger charge is -2.18. The van der Waals surface area contributed by atoms with Gasteiger partial charge in [-0.15, -0.1) is 0 Å². The third-order valence-electron chi connectivity index (χ3n) is 2.76. The molecule has 0 saturated heterocycles. The zero-order valence-electron chi connectivity index (χ0n) is 8.46. The molecule has 0 spiro atoms. The van der Waals surface area contributed by atoms with Crippen molar-refractivity contribution >= 4 is 11.6 Å². The first-order chi connectivity index (χ1) is 6.83. The SMILES string of the molecule is CCNC(c1ccccc1Cl)C1CC1. The summed E-state index contributed by atoms with van der Waals surface area (Å²) in [6, 6.07) is 8.63. The number of hydrogen-bond donors (Lipinski definition) is 1. The van der Waals surface area contributed by atoms with Crippen LogP contribution in [-0.4, -0.2) is 6.54 Å². The lowest BCUT2D eigenvalue weighted by Crippen LogP contribution is -2.22. The molecule has 0 aliphatic heterocycles. The first-order valence-electron chi connectivity index (χ1n) is 5.30. The minimum atomic E-state index is 0.466. The van der Waals surface area contributed by atoms with Crippen molar-refractivity contribution in [3.63, 3.8) is 0 Å². The Labute approximate surface area is 90.5 Å². The molecule has 1 unspecified atom stereocenters. The molecule has 0 amide bonds. The van der Waals surface area contributed by atoms with Gasteiger partial charge >= 0.3 is 0 Å². The van der Waals surface area contributed by atoms with Crippen LogP contribution in [0.4, 0.5) is 0 Å². The van der Waals surface area contributed by atoms with Crippen LogP contribution < -0.4 is 5.32 Å². The number of hydrogen-bond acceptors (Lipinski definition) is 1. The molecule has 76 valence electrons. The fourth-order valence-corrected chi connectivity index (χ4v) is 2.16. The third kappa shape index (κ3) is 2.10. The maximum Gasteiger partial charge on any atom is 0.0453 e. The van der Waals surface area contributed by atoms with Crippen LogP contribution in [0.15, 0.2) is 24.3 Å². The maximum atomic E-state index is 6.19. The van der Waals surface area contributed by atoms with Crippen molar-refractivity contribution in [2.45, 2.75) is 25.8 Å². The summed E-state index contributed by atoms with van der Waals surface area (Å²) in [4.78, 5) is 0. The quantitative estimate of drug-likeness (QED) is 0.802. The predicted octanol–water partition coefficient (Wildman–Crippen LogP) is 3.40. The van der Waals surface area contributed by atoms with Crippen LogP contribution in [0.5, 0.6) is 0 Å². The van der Waals surface area contributed by atoms with Gasteiger partial charge < -0.3 is 5.32 Å². The monoisotopic (exact) mass is 209 g/mol. The zero-order valence-corrected chi connectivity index (χ0v) is 9.22. The summed E-state index contributed by atoms with van der Waals surface area (Å²) >= 11 is 6.19. The summed E-state index contributed by atoms with van der Waals surface area (Å²) in [7, 11) is 0. The molecule has 0 bridgehead atoms. The standard InChI is InChI=1S/C12H16ClN/c1-2-14-12(9-7-8-9)10-5-3-4-6-11(10)13/h3-6,9,12,14H,2,7-8H2,1H3. The van der Waals surface area contributed by atoms with Crippen LogP contribution in [0.2, 0.25) is 5.02 Å². The molecule has 1 aliphatic carbocycles. The van der Waals surface area contributed by atoms with Crippen LogP contribution in [0.1, 0.15) is 31.4 Å². The van der Waals surface area contributed by atoms with E-state index in [-0.39, 0.29) is 0 Å². The van der Waals surface area contributed by atoms with Crippen molar-refractivity contribution in [3.8, 4) is 0 Å². The molecule has 0 radical (unpaired) electrons. The van der Waals surface area contributed by atoms with E-state index in [2.05, 4.69) is 24.4 Å². The molecule has 1 aromatic rings. The van der Waals surface area contributed by atoms with Crippen molar-refractivity contribution in [2.75, 3.05) is 6.54 Å². The van der Waals surface area contributed by atoms with Crippen molar-refractivity contribution < 1.29 is 0 Å². The minimum Gasteiger partial charge on any atom is -0.310 e. The van der Waals surface area contributed by atoms with E-state index in [0.717, 1.165) is 17.5 Å². The fraction of sp³-hybridized carbons (Fsp3) is 0.500. The second kappa shape index (κ2) is 4.33. The van der Waals surface area contributed by atoms with Gasteiger partial charge in [0, 0.05) is 11.1 Å². The molecule has 1 nitrogen and oxygen atoms in total. The fourth-order valence-electron chi connectivity index (χ4n) is 1.91. The van der Waals surface area contributed by atoms with Gasteiger partial charge in [0.05, 0.1) is 0 Å². The Morgan fingerprint density at radius 2 is 2.14 bits per heavy atom. The molecular weight excluding hydrogens is 194 g/mol. The molecule has 1 aliphatic rings. The summed E-state index contributed by atoms with van der Waals surface area (Å²) in [6.45, 7) is 3.15. The van der Waals surface area contributed by atoms with Gasteiger partial charge in [0.1, 0.15) is 0 Å². The summed E-state index contributed by atoms with van der Waals surface area (Å²) in [5.74, 6) is 0.801. The highest BCUT2D eigenvalue weighted by atomic mass is 35.5.